The maximum absolute atomic E-state index is 6.85. The molecule has 0 unspecified atom stereocenters. The van der Waals surface area contributed by atoms with Crippen LogP contribution in [0, 0.1) is 0 Å². The molecule has 8 heteroatoms. The third-order valence-corrected chi connectivity index (χ3v) is 11.7. The average molecular weight is 750 g/mol. The Morgan fingerprint density at radius 1 is 0.368 bits per heavy atom. The Hall–Kier alpha value is -7.55. The Morgan fingerprint density at radius 2 is 0.912 bits per heavy atom. The lowest BCUT2D eigenvalue weighted by Gasteiger charge is -2.09. The third kappa shape index (κ3) is 5.01. The van der Waals surface area contributed by atoms with Crippen molar-refractivity contribution in [1.82, 2.24) is 24.9 Å². The Bertz CT molecular complexity index is 3540. The van der Waals surface area contributed by atoms with Gasteiger partial charge in [0.05, 0.1) is 21.5 Å². The number of fused-ring (bicyclic) bond motifs is 9. The zero-order chi connectivity index (χ0) is 37.5. The van der Waals surface area contributed by atoms with Gasteiger partial charge in [0.15, 0.2) is 23.3 Å². The van der Waals surface area contributed by atoms with Crippen molar-refractivity contribution in [3.63, 3.8) is 0 Å². The van der Waals surface area contributed by atoms with Crippen LogP contribution >= 0.6 is 11.3 Å². The number of thiophene rings is 1. The van der Waals surface area contributed by atoms with Crippen LogP contribution in [0.1, 0.15) is 0 Å². The Balaban J connectivity index is 1.11. The van der Waals surface area contributed by atoms with Gasteiger partial charge in [0.2, 0.25) is 0 Å². The van der Waals surface area contributed by atoms with Crippen LogP contribution < -0.4 is 0 Å². The highest BCUT2D eigenvalue weighted by Gasteiger charge is 2.24. The molecule has 0 saturated carbocycles. The summed E-state index contributed by atoms with van der Waals surface area (Å²) in [7, 11) is 0. The van der Waals surface area contributed by atoms with Crippen LogP contribution in [0.4, 0.5) is 0 Å². The minimum absolute atomic E-state index is 0.524. The van der Waals surface area contributed by atoms with Crippen LogP contribution in [0.25, 0.3) is 121 Å². The molecule has 0 saturated heterocycles. The van der Waals surface area contributed by atoms with E-state index in [2.05, 4.69) is 72.8 Å². The van der Waals surface area contributed by atoms with Crippen molar-refractivity contribution in [2.24, 2.45) is 0 Å². The summed E-state index contributed by atoms with van der Waals surface area (Å²) in [6, 6.07) is 55.1. The fourth-order valence-electron chi connectivity index (χ4n) is 7.97. The maximum Gasteiger partial charge on any atom is 0.167 e. The minimum Gasteiger partial charge on any atom is -0.455 e. The molecule has 0 aliphatic carbocycles. The standard InChI is InChI=1S/C49H27N5O2S/c1-3-14-28(15-4-1)46-50-41-32-19-8-10-27-39(32)57-45(41)42(51-46)35-23-12-21-33-40-34(22-13-26-38(40)56-44(33)35)48-52-47(29-16-5-2-6-17-29)53-49(54-48)36-24-11-20-31-30-18-7-9-25-37(30)55-43(31)36/h1-27H. The van der Waals surface area contributed by atoms with Crippen LogP contribution in [0.5, 0.6) is 0 Å². The fraction of sp³-hybridized carbons (Fsp3) is 0. The number of hydrogen-bond donors (Lipinski definition) is 0. The largest absolute Gasteiger partial charge is 0.455 e. The van der Waals surface area contributed by atoms with E-state index in [-0.39, 0.29) is 0 Å². The van der Waals surface area contributed by atoms with Gasteiger partial charge in [0.25, 0.3) is 0 Å². The lowest BCUT2D eigenvalue weighted by Crippen LogP contribution is -2.00. The predicted octanol–water partition coefficient (Wildman–Crippen LogP) is 13.2. The van der Waals surface area contributed by atoms with E-state index < -0.39 is 0 Å². The summed E-state index contributed by atoms with van der Waals surface area (Å²) in [6.45, 7) is 0. The summed E-state index contributed by atoms with van der Waals surface area (Å²) < 4.78 is 15.5. The highest BCUT2D eigenvalue weighted by Crippen LogP contribution is 2.45. The van der Waals surface area contributed by atoms with Gasteiger partial charge in [-0.25, -0.2) is 24.9 Å². The Kier molecular flexibility index (Phi) is 6.96. The van der Waals surface area contributed by atoms with E-state index >= 15 is 0 Å². The van der Waals surface area contributed by atoms with Crippen LogP contribution in [-0.2, 0) is 0 Å². The molecule has 0 N–H and O–H groups in total. The second-order valence-corrected chi connectivity index (χ2v) is 15.0. The molecule has 57 heavy (non-hydrogen) atoms. The van der Waals surface area contributed by atoms with Gasteiger partial charge in [0, 0.05) is 53.9 Å². The molecule has 7 aromatic carbocycles. The van der Waals surface area contributed by atoms with E-state index in [4.69, 9.17) is 33.8 Å². The lowest BCUT2D eigenvalue weighted by molar-refractivity contribution is 0.669. The highest BCUT2D eigenvalue weighted by atomic mass is 32.1. The highest BCUT2D eigenvalue weighted by molar-refractivity contribution is 7.26. The number of furan rings is 2. The van der Waals surface area contributed by atoms with Gasteiger partial charge in [0.1, 0.15) is 22.3 Å². The van der Waals surface area contributed by atoms with E-state index in [1.807, 2.05) is 91.0 Å². The summed E-state index contributed by atoms with van der Waals surface area (Å²) in [6.07, 6.45) is 0. The predicted molar refractivity (Wildman–Crippen MR) is 230 cm³/mol. The zero-order valence-corrected chi connectivity index (χ0v) is 30.9. The summed E-state index contributed by atoms with van der Waals surface area (Å²) in [5, 5.41) is 5.02. The first-order valence-corrected chi connectivity index (χ1v) is 19.5. The SMILES string of the molecule is c1ccc(-c2nc(-c3cccc4c3oc3ccccc34)nc(-c3cccc4oc5c(-c6nc(-c7ccccc7)nc7c6sc6ccccc67)cccc5c34)n2)cc1. The molecule has 12 rings (SSSR count). The van der Waals surface area contributed by atoms with E-state index in [9.17, 15) is 0 Å². The molecule has 0 aliphatic heterocycles. The van der Waals surface area contributed by atoms with Crippen molar-refractivity contribution in [2.45, 2.75) is 0 Å². The molecule has 0 amide bonds. The van der Waals surface area contributed by atoms with Crippen molar-refractivity contribution in [1.29, 1.82) is 0 Å². The Morgan fingerprint density at radius 3 is 1.72 bits per heavy atom. The molecule has 0 aliphatic rings. The molecule has 5 aromatic heterocycles. The van der Waals surface area contributed by atoms with Gasteiger partial charge in [-0.2, -0.15) is 0 Å². The number of rotatable bonds is 5. The van der Waals surface area contributed by atoms with E-state index in [0.29, 0.717) is 23.3 Å². The number of para-hydroxylation sites is 3. The van der Waals surface area contributed by atoms with E-state index in [1.165, 1.54) is 0 Å². The number of aromatic nitrogens is 5. The number of hydrogen-bond acceptors (Lipinski definition) is 8. The third-order valence-electron chi connectivity index (χ3n) is 10.6. The molecule has 266 valence electrons. The summed E-state index contributed by atoms with van der Waals surface area (Å²) >= 11 is 1.70. The first-order chi connectivity index (χ1) is 28.2. The quantitative estimate of drug-likeness (QED) is 0.173. The summed E-state index contributed by atoms with van der Waals surface area (Å²) in [5.74, 6) is 2.29. The van der Waals surface area contributed by atoms with Crippen molar-refractivity contribution in [3.05, 3.63) is 164 Å². The summed E-state index contributed by atoms with van der Waals surface area (Å²) in [4.78, 5) is 25.8. The van der Waals surface area contributed by atoms with Gasteiger partial charge < -0.3 is 8.83 Å². The van der Waals surface area contributed by atoms with Crippen LogP contribution in [0.15, 0.2) is 173 Å². The molecule has 0 fully saturated rings. The molecule has 0 radical (unpaired) electrons. The topological polar surface area (TPSA) is 90.7 Å². The second-order valence-electron chi connectivity index (χ2n) is 14.0. The van der Waals surface area contributed by atoms with Gasteiger partial charge in [-0.3, -0.25) is 0 Å². The first-order valence-electron chi connectivity index (χ1n) is 18.7. The second kappa shape index (κ2) is 12.5. The van der Waals surface area contributed by atoms with Crippen molar-refractivity contribution < 1.29 is 8.83 Å². The fourth-order valence-corrected chi connectivity index (χ4v) is 9.11. The molecule has 0 atom stereocenters. The van der Waals surface area contributed by atoms with Crippen LogP contribution in [0.2, 0.25) is 0 Å². The van der Waals surface area contributed by atoms with E-state index in [1.54, 1.807) is 11.3 Å². The first kappa shape index (κ1) is 31.8. The maximum atomic E-state index is 6.85. The lowest BCUT2D eigenvalue weighted by atomic mass is 10.0. The normalized spacial score (nSPS) is 11.9. The molecular formula is C49H27N5O2S. The Labute approximate surface area is 328 Å². The molecule has 0 spiro atoms. The van der Waals surface area contributed by atoms with E-state index in [0.717, 1.165) is 97.7 Å². The number of nitrogens with zero attached hydrogens (tertiary/aromatic N) is 5. The van der Waals surface area contributed by atoms with Gasteiger partial charge in [-0.15, -0.1) is 11.3 Å². The van der Waals surface area contributed by atoms with Gasteiger partial charge in [-0.1, -0.05) is 133 Å². The van der Waals surface area contributed by atoms with Crippen molar-refractivity contribution in [3.8, 4) is 56.8 Å². The zero-order valence-electron chi connectivity index (χ0n) is 30.0. The van der Waals surface area contributed by atoms with Crippen LogP contribution in [0.3, 0.4) is 0 Å². The van der Waals surface area contributed by atoms with Crippen molar-refractivity contribution >= 4 is 75.5 Å². The van der Waals surface area contributed by atoms with Gasteiger partial charge in [-0.05, 0) is 30.3 Å². The van der Waals surface area contributed by atoms with Gasteiger partial charge >= 0.3 is 0 Å². The minimum atomic E-state index is 0.524. The molecule has 0 bridgehead atoms. The summed E-state index contributed by atoms with van der Waals surface area (Å²) in [5.41, 5.74) is 9.13. The average Bonchev–Trinajstić information content (AvgIpc) is 3.98. The smallest absolute Gasteiger partial charge is 0.167 e. The molecule has 5 heterocycles. The van der Waals surface area contributed by atoms with Crippen molar-refractivity contribution in [2.75, 3.05) is 0 Å². The molecular weight excluding hydrogens is 723 g/mol. The monoisotopic (exact) mass is 749 g/mol. The number of benzene rings is 7. The molecule has 12 aromatic rings. The van der Waals surface area contributed by atoms with Crippen LogP contribution in [-0.4, -0.2) is 24.9 Å². The molecule has 7 nitrogen and oxygen atoms in total.